The number of H-pyrrole nitrogens is 2. The maximum Gasteiger partial charge on any atom is 0.163 e. The summed E-state index contributed by atoms with van der Waals surface area (Å²) in [6.07, 6.45) is 10.0. The molecule has 0 aliphatic heterocycles. The van der Waals surface area contributed by atoms with Crippen molar-refractivity contribution in [1.82, 2.24) is 9.97 Å². The van der Waals surface area contributed by atoms with Crippen LogP contribution in [0, 0.1) is 0 Å². The van der Waals surface area contributed by atoms with E-state index in [0.717, 1.165) is 32.9 Å². The smallest absolute Gasteiger partial charge is 0.163 e. The topological polar surface area (TPSA) is 65.7 Å². The van der Waals surface area contributed by atoms with Crippen molar-refractivity contribution in [2.75, 3.05) is 0 Å². The Balaban J connectivity index is 1.43. The van der Waals surface area contributed by atoms with Gasteiger partial charge in [0.1, 0.15) is 0 Å². The maximum atomic E-state index is 12.1. The fourth-order valence-corrected chi connectivity index (χ4v) is 3.15. The Labute approximate surface area is 156 Å². The molecule has 0 saturated carbocycles. The summed E-state index contributed by atoms with van der Waals surface area (Å²) in [5.41, 5.74) is 3.80. The first-order valence-corrected chi connectivity index (χ1v) is 8.75. The van der Waals surface area contributed by atoms with Gasteiger partial charge in [0.25, 0.3) is 0 Å². The van der Waals surface area contributed by atoms with Crippen LogP contribution in [0.25, 0.3) is 34.0 Å². The highest BCUT2D eigenvalue weighted by molar-refractivity contribution is 6.11. The van der Waals surface area contributed by atoms with E-state index in [0.29, 0.717) is 0 Å². The van der Waals surface area contributed by atoms with Gasteiger partial charge in [-0.15, -0.1) is 0 Å². The second-order valence-electron chi connectivity index (χ2n) is 6.35. The summed E-state index contributed by atoms with van der Waals surface area (Å²) in [4.78, 5) is 30.6. The molecule has 4 nitrogen and oxygen atoms in total. The zero-order valence-electron chi connectivity index (χ0n) is 14.6. The predicted octanol–water partition coefficient (Wildman–Crippen LogP) is 4.90. The quantitative estimate of drug-likeness (QED) is 0.382. The molecule has 0 atom stereocenters. The van der Waals surface area contributed by atoms with Crippen LogP contribution in [0.2, 0.25) is 0 Å². The van der Waals surface area contributed by atoms with Gasteiger partial charge in [0.15, 0.2) is 11.6 Å². The molecular formula is C23H18N2O2. The molecule has 0 aliphatic carbocycles. The van der Waals surface area contributed by atoms with Gasteiger partial charge in [-0.05, 0) is 58.3 Å². The molecule has 4 heteroatoms. The fraction of sp³-hybridized carbons (Fsp3) is 0.0435. The predicted molar refractivity (Wildman–Crippen MR) is 109 cm³/mol. The minimum Gasteiger partial charge on any atom is -0.361 e. The molecule has 0 amide bonds. The molecule has 0 bridgehead atoms. The molecule has 0 aliphatic rings. The van der Waals surface area contributed by atoms with E-state index in [4.69, 9.17) is 0 Å². The van der Waals surface area contributed by atoms with E-state index in [9.17, 15) is 9.59 Å². The monoisotopic (exact) mass is 354 g/mol. The Morgan fingerprint density at radius 3 is 1.67 bits per heavy atom. The Morgan fingerprint density at radius 2 is 1.19 bits per heavy atom. The van der Waals surface area contributed by atoms with Crippen molar-refractivity contribution >= 4 is 45.5 Å². The van der Waals surface area contributed by atoms with Crippen molar-refractivity contribution in [2.24, 2.45) is 0 Å². The first-order chi connectivity index (χ1) is 13.2. The second-order valence-corrected chi connectivity index (χ2v) is 6.35. The summed E-state index contributed by atoms with van der Waals surface area (Å²) >= 11 is 0. The zero-order chi connectivity index (χ0) is 18.6. The maximum absolute atomic E-state index is 12.1. The number of carbonyl (C=O) groups is 2. The molecule has 27 heavy (non-hydrogen) atoms. The van der Waals surface area contributed by atoms with E-state index >= 15 is 0 Å². The van der Waals surface area contributed by atoms with Gasteiger partial charge in [-0.3, -0.25) is 9.59 Å². The Hall–Kier alpha value is -3.66. The zero-order valence-corrected chi connectivity index (χ0v) is 14.6. The number of rotatable bonds is 6. The van der Waals surface area contributed by atoms with Crippen LogP contribution in [0.5, 0.6) is 0 Å². The van der Waals surface area contributed by atoms with E-state index in [2.05, 4.69) is 9.97 Å². The third-order valence-corrected chi connectivity index (χ3v) is 4.48. The third kappa shape index (κ3) is 3.65. The van der Waals surface area contributed by atoms with Crippen molar-refractivity contribution in [3.8, 4) is 0 Å². The first-order valence-electron chi connectivity index (χ1n) is 8.75. The standard InChI is InChI=1S/C23H18N2O2/c26-20(9-7-16-3-1-5-18-11-13-24-22(16)18)15-21(27)10-8-17-4-2-6-19-12-14-25-23(17)19/h1-14,24-25H,15H2. The van der Waals surface area contributed by atoms with Gasteiger partial charge in [-0.1, -0.05) is 36.4 Å². The Kier molecular flexibility index (Phi) is 4.54. The minimum atomic E-state index is -0.216. The average molecular weight is 354 g/mol. The van der Waals surface area contributed by atoms with Crippen molar-refractivity contribution in [3.63, 3.8) is 0 Å². The van der Waals surface area contributed by atoms with Crippen molar-refractivity contribution in [1.29, 1.82) is 0 Å². The molecule has 0 fully saturated rings. The molecule has 2 N–H and O–H groups in total. The Bertz CT molecular complexity index is 1100. The van der Waals surface area contributed by atoms with Crippen LogP contribution in [-0.2, 0) is 9.59 Å². The van der Waals surface area contributed by atoms with Crippen LogP contribution in [0.1, 0.15) is 17.5 Å². The van der Waals surface area contributed by atoms with E-state index in [1.54, 1.807) is 12.2 Å². The van der Waals surface area contributed by atoms with Gasteiger partial charge in [0, 0.05) is 12.4 Å². The number of allylic oxidation sites excluding steroid dienone is 2. The minimum absolute atomic E-state index is 0.144. The van der Waals surface area contributed by atoms with Crippen molar-refractivity contribution in [3.05, 3.63) is 84.2 Å². The molecule has 0 saturated heterocycles. The summed E-state index contributed by atoms with van der Waals surface area (Å²) < 4.78 is 0. The van der Waals surface area contributed by atoms with Gasteiger partial charge >= 0.3 is 0 Å². The number of ketones is 2. The highest BCUT2D eigenvalue weighted by Crippen LogP contribution is 2.19. The number of aromatic nitrogens is 2. The number of carbonyl (C=O) groups excluding carboxylic acids is 2. The van der Waals surface area contributed by atoms with Crippen LogP contribution in [-0.4, -0.2) is 21.5 Å². The summed E-state index contributed by atoms with van der Waals surface area (Å²) in [5, 5.41) is 2.17. The van der Waals surface area contributed by atoms with E-state index in [1.165, 1.54) is 12.2 Å². The van der Waals surface area contributed by atoms with Gasteiger partial charge in [-0.2, -0.15) is 0 Å². The number of aromatic amines is 2. The van der Waals surface area contributed by atoms with Gasteiger partial charge in [0.05, 0.1) is 17.5 Å². The number of para-hydroxylation sites is 2. The summed E-state index contributed by atoms with van der Waals surface area (Å²) in [6, 6.07) is 15.7. The lowest BCUT2D eigenvalue weighted by Crippen LogP contribution is -2.01. The lowest BCUT2D eigenvalue weighted by atomic mass is 10.1. The second kappa shape index (κ2) is 7.30. The Morgan fingerprint density at radius 1 is 0.704 bits per heavy atom. The van der Waals surface area contributed by atoms with Crippen LogP contribution in [0.15, 0.2) is 73.1 Å². The van der Waals surface area contributed by atoms with E-state index in [-0.39, 0.29) is 18.0 Å². The number of hydrogen-bond donors (Lipinski definition) is 2. The fourth-order valence-electron chi connectivity index (χ4n) is 3.15. The molecule has 4 aromatic rings. The average Bonchev–Trinajstić information content (AvgIpc) is 3.33. The molecule has 132 valence electrons. The molecule has 0 radical (unpaired) electrons. The largest absolute Gasteiger partial charge is 0.361 e. The summed E-state index contributed by atoms with van der Waals surface area (Å²) in [7, 11) is 0. The molecule has 2 heterocycles. The van der Waals surface area contributed by atoms with E-state index in [1.807, 2.05) is 60.9 Å². The van der Waals surface area contributed by atoms with Crippen LogP contribution in [0.3, 0.4) is 0 Å². The lowest BCUT2D eigenvalue weighted by Gasteiger charge is -1.97. The SMILES string of the molecule is O=C(C=Cc1cccc2cc[nH]c12)CC(=O)C=Cc1cccc2cc[nH]c12. The molecule has 2 aromatic heterocycles. The van der Waals surface area contributed by atoms with Crippen LogP contribution < -0.4 is 0 Å². The van der Waals surface area contributed by atoms with Crippen molar-refractivity contribution < 1.29 is 9.59 Å². The molecule has 0 spiro atoms. The van der Waals surface area contributed by atoms with Gasteiger partial charge in [-0.25, -0.2) is 0 Å². The van der Waals surface area contributed by atoms with Crippen LogP contribution in [0.4, 0.5) is 0 Å². The van der Waals surface area contributed by atoms with Crippen LogP contribution >= 0.6 is 0 Å². The normalized spacial score (nSPS) is 11.9. The summed E-state index contributed by atoms with van der Waals surface area (Å²) in [6.45, 7) is 0. The number of fused-ring (bicyclic) bond motifs is 2. The van der Waals surface area contributed by atoms with Gasteiger partial charge in [0.2, 0.25) is 0 Å². The third-order valence-electron chi connectivity index (χ3n) is 4.48. The molecule has 4 rings (SSSR count). The summed E-state index contributed by atoms with van der Waals surface area (Å²) in [5.74, 6) is -0.433. The van der Waals surface area contributed by atoms with E-state index < -0.39 is 0 Å². The number of benzene rings is 2. The lowest BCUT2D eigenvalue weighted by molar-refractivity contribution is -0.121. The number of nitrogens with one attached hydrogen (secondary N) is 2. The molecule has 0 unspecified atom stereocenters. The highest BCUT2D eigenvalue weighted by atomic mass is 16.1. The first kappa shape index (κ1) is 16.8. The molecular weight excluding hydrogens is 336 g/mol. The highest BCUT2D eigenvalue weighted by Gasteiger charge is 2.05. The molecule has 2 aromatic carbocycles. The van der Waals surface area contributed by atoms with Gasteiger partial charge < -0.3 is 9.97 Å². The van der Waals surface area contributed by atoms with Crippen molar-refractivity contribution in [2.45, 2.75) is 6.42 Å². The number of hydrogen-bond acceptors (Lipinski definition) is 2.